The van der Waals surface area contributed by atoms with Gasteiger partial charge in [0.15, 0.2) is 0 Å². The van der Waals surface area contributed by atoms with Crippen molar-refractivity contribution in [3.63, 3.8) is 0 Å². The van der Waals surface area contributed by atoms with Gasteiger partial charge in [0.05, 0.1) is 6.10 Å². The van der Waals surface area contributed by atoms with Crippen LogP contribution in [0.4, 0.5) is 0 Å². The quantitative estimate of drug-likeness (QED) is 0.562. The maximum Gasteiger partial charge on any atom is 0.315 e. The minimum atomic E-state index is -0.366. The minimum absolute atomic E-state index is 0.0114. The fourth-order valence-corrected chi connectivity index (χ4v) is 1.28. The first kappa shape index (κ1) is 8.53. The van der Waals surface area contributed by atoms with Crippen molar-refractivity contribution >= 4 is 5.97 Å². The molecule has 0 saturated carbocycles. The molecule has 64 valence electrons. The number of esters is 1. The van der Waals surface area contributed by atoms with Gasteiger partial charge < -0.3 is 9.47 Å². The van der Waals surface area contributed by atoms with Gasteiger partial charge in [-0.05, 0) is 20.8 Å². The fraction of sp³-hybridized carbons (Fsp3) is 0.875. The van der Waals surface area contributed by atoms with Gasteiger partial charge in [0, 0.05) is 7.11 Å². The van der Waals surface area contributed by atoms with Crippen molar-refractivity contribution < 1.29 is 14.3 Å². The van der Waals surface area contributed by atoms with Crippen LogP contribution < -0.4 is 0 Å². The van der Waals surface area contributed by atoms with Gasteiger partial charge in [-0.15, -0.1) is 0 Å². The molecule has 3 nitrogen and oxygen atoms in total. The monoisotopic (exact) mass is 158 g/mol. The molecule has 0 spiro atoms. The van der Waals surface area contributed by atoms with E-state index in [0.717, 1.165) is 0 Å². The van der Waals surface area contributed by atoms with Gasteiger partial charge in [0.1, 0.15) is 11.5 Å². The standard InChI is InChI=1S/C8H14O3/c1-5(10-4)6-8(2,3)7(9)11-6/h5-6H,1-4H3/t5-,6-/m0/s1. The van der Waals surface area contributed by atoms with Crippen LogP contribution in [0.2, 0.25) is 0 Å². The molecule has 1 aliphatic heterocycles. The molecular weight excluding hydrogens is 144 g/mol. The van der Waals surface area contributed by atoms with Crippen LogP contribution >= 0.6 is 0 Å². The van der Waals surface area contributed by atoms with Crippen LogP contribution in [-0.4, -0.2) is 25.3 Å². The second kappa shape index (κ2) is 2.48. The summed E-state index contributed by atoms with van der Waals surface area (Å²) >= 11 is 0. The largest absolute Gasteiger partial charge is 0.458 e. The van der Waals surface area contributed by atoms with E-state index in [4.69, 9.17) is 9.47 Å². The number of cyclic esters (lactones) is 1. The lowest BCUT2D eigenvalue weighted by molar-refractivity contribution is -0.217. The second-order valence-electron chi connectivity index (χ2n) is 3.49. The predicted octanol–water partition coefficient (Wildman–Crippen LogP) is 0.973. The molecule has 0 aromatic heterocycles. The lowest BCUT2D eigenvalue weighted by Crippen LogP contribution is -2.57. The molecule has 0 N–H and O–H groups in total. The van der Waals surface area contributed by atoms with E-state index in [1.807, 2.05) is 20.8 Å². The van der Waals surface area contributed by atoms with E-state index in [-0.39, 0.29) is 23.6 Å². The Bertz CT molecular complexity index is 174. The maximum atomic E-state index is 10.9. The number of methoxy groups -OCH3 is 1. The lowest BCUT2D eigenvalue weighted by Gasteiger charge is -2.44. The summed E-state index contributed by atoms with van der Waals surface area (Å²) in [5, 5.41) is 0. The van der Waals surface area contributed by atoms with Crippen molar-refractivity contribution in [2.75, 3.05) is 7.11 Å². The SMILES string of the molecule is CO[C@@H](C)[C@@H]1OC(=O)C1(C)C. The van der Waals surface area contributed by atoms with Gasteiger partial charge in [-0.2, -0.15) is 0 Å². The Labute approximate surface area is 66.7 Å². The molecule has 1 rings (SSSR count). The van der Waals surface area contributed by atoms with Gasteiger partial charge in [-0.25, -0.2) is 0 Å². The summed E-state index contributed by atoms with van der Waals surface area (Å²) < 4.78 is 10.0. The number of hydrogen-bond donors (Lipinski definition) is 0. The molecule has 0 aliphatic carbocycles. The van der Waals surface area contributed by atoms with Crippen LogP contribution in [0.3, 0.4) is 0 Å². The molecule has 0 aromatic carbocycles. The Morgan fingerprint density at radius 3 is 2.45 bits per heavy atom. The van der Waals surface area contributed by atoms with E-state index >= 15 is 0 Å². The molecular formula is C8H14O3. The van der Waals surface area contributed by atoms with Crippen LogP contribution in [0, 0.1) is 5.41 Å². The zero-order chi connectivity index (χ0) is 8.65. The highest BCUT2D eigenvalue weighted by Crippen LogP contribution is 2.37. The average Bonchev–Trinajstić information content (AvgIpc) is 1.98. The van der Waals surface area contributed by atoms with Crippen molar-refractivity contribution in [2.45, 2.75) is 33.0 Å². The Morgan fingerprint density at radius 1 is 1.64 bits per heavy atom. The lowest BCUT2D eigenvalue weighted by atomic mass is 9.79. The Hall–Kier alpha value is -0.570. The molecule has 1 saturated heterocycles. The Kier molecular flexibility index (Phi) is 1.92. The van der Waals surface area contributed by atoms with Crippen molar-refractivity contribution in [1.29, 1.82) is 0 Å². The summed E-state index contributed by atoms with van der Waals surface area (Å²) in [7, 11) is 1.62. The Morgan fingerprint density at radius 2 is 2.18 bits per heavy atom. The zero-order valence-corrected chi connectivity index (χ0v) is 7.38. The number of rotatable bonds is 2. The summed E-state index contributed by atoms with van der Waals surface area (Å²) in [4.78, 5) is 10.9. The molecule has 3 heteroatoms. The molecule has 1 aliphatic rings. The first-order valence-corrected chi connectivity index (χ1v) is 3.74. The summed E-state index contributed by atoms with van der Waals surface area (Å²) in [6.45, 7) is 5.65. The van der Waals surface area contributed by atoms with Crippen molar-refractivity contribution in [3.8, 4) is 0 Å². The fourth-order valence-electron chi connectivity index (χ4n) is 1.28. The third-order valence-corrected chi connectivity index (χ3v) is 2.27. The molecule has 1 fully saturated rings. The highest BCUT2D eigenvalue weighted by molar-refractivity contribution is 5.82. The van der Waals surface area contributed by atoms with E-state index in [2.05, 4.69) is 0 Å². The number of carbonyl (C=O) groups excluding carboxylic acids is 1. The van der Waals surface area contributed by atoms with E-state index in [9.17, 15) is 4.79 Å². The highest BCUT2D eigenvalue weighted by atomic mass is 16.6. The van der Waals surface area contributed by atoms with E-state index in [1.165, 1.54) is 0 Å². The normalized spacial score (nSPS) is 30.5. The molecule has 2 atom stereocenters. The van der Waals surface area contributed by atoms with Crippen LogP contribution in [0.25, 0.3) is 0 Å². The third kappa shape index (κ3) is 1.13. The molecule has 11 heavy (non-hydrogen) atoms. The predicted molar refractivity (Wildman–Crippen MR) is 40.1 cm³/mol. The van der Waals surface area contributed by atoms with Crippen LogP contribution in [0.15, 0.2) is 0 Å². The van der Waals surface area contributed by atoms with E-state index in [0.29, 0.717) is 0 Å². The van der Waals surface area contributed by atoms with Gasteiger partial charge in [-0.3, -0.25) is 4.79 Å². The molecule has 1 heterocycles. The summed E-state index contributed by atoms with van der Waals surface area (Å²) in [5.74, 6) is -0.133. The zero-order valence-electron chi connectivity index (χ0n) is 7.38. The average molecular weight is 158 g/mol. The van der Waals surface area contributed by atoms with Crippen LogP contribution in [0.5, 0.6) is 0 Å². The molecule has 0 aromatic rings. The van der Waals surface area contributed by atoms with Gasteiger partial charge >= 0.3 is 5.97 Å². The van der Waals surface area contributed by atoms with E-state index < -0.39 is 0 Å². The molecule has 0 unspecified atom stereocenters. The van der Waals surface area contributed by atoms with Crippen molar-refractivity contribution in [3.05, 3.63) is 0 Å². The van der Waals surface area contributed by atoms with Crippen molar-refractivity contribution in [1.82, 2.24) is 0 Å². The third-order valence-electron chi connectivity index (χ3n) is 2.27. The van der Waals surface area contributed by atoms with Crippen LogP contribution in [0.1, 0.15) is 20.8 Å². The number of hydrogen-bond acceptors (Lipinski definition) is 3. The van der Waals surface area contributed by atoms with Gasteiger partial charge in [-0.1, -0.05) is 0 Å². The van der Waals surface area contributed by atoms with Crippen molar-refractivity contribution in [2.24, 2.45) is 5.41 Å². The maximum absolute atomic E-state index is 10.9. The van der Waals surface area contributed by atoms with E-state index in [1.54, 1.807) is 7.11 Å². The smallest absolute Gasteiger partial charge is 0.315 e. The second-order valence-corrected chi connectivity index (χ2v) is 3.49. The highest BCUT2D eigenvalue weighted by Gasteiger charge is 2.53. The summed E-state index contributed by atoms with van der Waals surface area (Å²) in [6.07, 6.45) is -0.0947. The Balaban J connectivity index is 2.59. The number of ether oxygens (including phenoxy) is 2. The van der Waals surface area contributed by atoms with Gasteiger partial charge in [0.2, 0.25) is 0 Å². The summed E-state index contributed by atoms with van der Waals surface area (Å²) in [5.41, 5.74) is -0.366. The van der Waals surface area contributed by atoms with Gasteiger partial charge in [0.25, 0.3) is 0 Å². The molecule has 0 radical (unpaired) electrons. The first-order chi connectivity index (χ1) is 5.00. The topological polar surface area (TPSA) is 35.5 Å². The minimum Gasteiger partial charge on any atom is -0.458 e. The molecule has 0 bridgehead atoms. The van der Waals surface area contributed by atoms with Crippen LogP contribution in [-0.2, 0) is 14.3 Å². The number of carbonyl (C=O) groups is 1. The molecule has 0 amide bonds. The first-order valence-electron chi connectivity index (χ1n) is 3.74. The summed E-state index contributed by atoms with van der Waals surface area (Å²) in [6, 6.07) is 0.